The largest absolute Gasteiger partial charge is 0.415 e. The fraction of sp³-hybridized carbons (Fsp3) is 0.500. The third-order valence-electron chi connectivity index (χ3n) is 4.21. The van der Waals surface area contributed by atoms with Gasteiger partial charge in [0.15, 0.2) is 0 Å². The van der Waals surface area contributed by atoms with E-state index in [1.165, 1.54) is 4.90 Å². The molecule has 10 heteroatoms. The Labute approximate surface area is 149 Å². The molecule has 3 aliphatic rings. The summed E-state index contributed by atoms with van der Waals surface area (Å²) in [6.45, 7) is 6.46. The summed E-state index contributed by atoms with van der Waals surface area (Å²) >= 11 is 0. The van der Waals surface area contributed by atoms with Gasteiger partial charge in [0.25, 0.3) is 11.6 Å². The predicted octanol–water partition coefficient (Wildman–Crippen LogP) is -0.234. The topological polar surface area (TPSA) is 122 Å². The summed E-state index contributed by atoms with van der Waals surface area (Å²) in [6.07, 6.45) is -1.90. The van der Waals surface area contributed by atoms with Crippen LogP contribution in [0.3, 0.4) is 0 Å². The lowest BCUT2D eigenvalue weighted by Gasteiger charge is -2.25. The molecule has 3 rings (SSSR count). The predicted molar refractivity (Wildman–Crippen MR) is 87.3 cm³/mol. The minimum atomic E-state index is -1.19. The van der Waals surface area contributed by atoms with E-state index in [9.17, 15) is 19.2 Å². The summed E-state index contributed by atoms with van der Waals surface area (Å²) in [5.41, 5.74) is 4.88. The van der Waals surface area contributed by atoms with E-state index < -0.39 is 29.5 Å². The first-order chi connectivity index (χ1) is 12.4. The quantitative estimate of drug-likeness (QED) is 0.506. The highest BCUT2D eigenvalue weighted by Gasteiger charge is 2.47. The molecular formula is C16H20N4O6. The van der Waals surface area contributed by atoms with E-state index in [0.29, 0.717) is 39.3 Å². The van der Waals surface area contributed by atoms with E-state index in [4.69, 9.17) is 15.2 Å². The molecule has 0 aromatic rings. The van der Waals surface area contributed by atoms with Gasteiger partial charge in [-0.15, -0.1) is 0 Å². The Hall–Kier alpha value is -3.04. The Bertz CT molecular complexity index is 744. The zero-order valence-electron chi connectivity index (χ0n) is 14.6. The van der Waals surface area contributed by atoms with Crippen molar-refractivity contribution in [3.8, 4) is 0 Å². The fourth-order valence-corrected chi connectivity index (χ4v) is 2.68. The number of carbonyl (C=O) groups excluding carboxylic acids is 4. The summed E-state index contributed by atoms with van der Waals surface area (Å²) < 4.78 is 10.1. The number of hydrogen-bond acceptors (Lipinski definition) is 8. The molecule has 0 atom stereocenters. The van der Waals surface area contributed by atoms with Crippen LogP contribution in [0.1, 0.15) is 13.8 Å². The molecular weight excluding hydrogens is 344 g/mol. The Morgan fingerprint density at radius 2 is 1.35 bits per heavy atom. The molecule has 10 nitrogen and oxygen atoms in total. The Morgan fingerprint density at radius 1 is 0.923 bits per heavy atom. The van der Waals surface area contributed by atoms with Crippen molar-refractivity contribution in [2.45, 2.75) is 13.8 Å². The van der Waals surface area contributed by atoms with Crippen molar-refractivity contribution in [3.63, 3.8) is 0 Å². The number of ether oxygens (including phenoxy) is 2. The van der Waals surface area contributed by atoms with Crippen molar-refractivity contribution in [3.05, 3.63) is 22.9 Å². The molecule has 0 aromatic carbocycles. The van der Waals surface area contributed by atoms with Crippen molar-refractivity contribution in [1.82, 2.24) is 14.7 Å². The number of rotatable bonds is 6. The number of Topliss-reactive ketones (excluding diaryl/α,β-unsaturated/α-hetero) is 2. The number of ketones is 2. The number of hydrogen-bond donors (Lipinski definition) is 1. The van der Waals surface area contributed by atoms with Crippen LogP contribution in [0, 0.1) is 0 Å². The van der Waals surface area contributed by atoms with Crippen molar-refractivity contribution < 1.29 is 28.7 Å². The molecule has 0 spiro atoms. The highest BCUT2D eigenvalue weighted by molar-refractivity contribution is 6.24. The second-order valence-electron chi connectivity index (χ2n) is 5.95. The monoisotopic (exact) mass is 364 g/mol. The van der Waals surface area contributed by atoms with Crippen LogP contribution in [-0.2, 0) is 19.1 Å². The number of amides is 2. The van der Waals surface area contributed by atoms with Gasteiger partial charge in [-0.25, -0.2) is 9.59 Å². The second kappa shape index (κ2) is 6.70. The number of nitrogens with zero attached hydrogens (tertiary/aromatic N) is 3. The van der Waals surface area contributed by atoms with Crippen LogP contribution in [0.2, 0.25) is 0 Å². The van der Waals surface area contributed by atoms with Gasteiger partial charge < -0.3 is 29.9 Å². The summed E-state index contributed by atoms with van der Waals surface area (Å²) in [5, 5.41) is 0. The molecule has 2 heterocycles. The minimum absolute atomic E-state index is 0.0719. The van der Waals surface area contributed by atoms with Crippen LogP contribution < -0.4 is 5.73 Å². The summed E-state index contributed by atoms with van der Waals surface area (Å²) in [5.74, 6) is -2.10. The molecule has 140 valence electrons. The Kier molecular flexibility index (Phi) is 4.58. The smallest absolute Gasteiger partial charge is 0.404 e. The highest BCUT2D eigenvalue weighted by Crippen LogP contribution is 2.35. The van der Waals surface area contributed by atoms with E-state index in [2.05, 4.69) is 0 Å². The first-order valence-corrected chi connectivity index (χ1v) is 8.40. The molecule has 0 bridgehead atoms. The lowest BCUT2D eigenvalue weighted by atomic mass is 10.0. The number of carbonyl (C=O) groups is 4. The lowest BCUT2D eigenvalue weighted by molar-refractivity contribution is -0.121. The summed E-state index contributed by atoms with van der Waals surface area (Å²) in [7, 11) is 0. The summed E-state index contributed by atoms with van der Waals surface area (Å²) in [6, 6.07) is 0. The maximum atomic E-state index is 13.0. The Morgan fingerprint density at radius 3 is 1.69 bits per heavy atom. The molecule has 2 amide bonds. The van der Waals surface area contributed by atoms with Gasteiger partial charge >= 0.3 is 12.2 Å². The van der Waals surface area contributed by atoms with Gasteiger partial charge in [-0.3, -0.25) is 9.59 Å². The molecule has 0 radical (unpaired) electrons. The molecule has 2 fully saturated rings. The second-order valence-corrected chi connectivity index (χ2v) is 5.95. The average molecular weight is 364 g/mol. The molecule has 2 saturated heterocycles. The average Bonchev–Trinajstić information content (AvgIpc) is 3.45. The normalized spacial score (nSPS) is 19.0. The maximum absolute atomic E-state index is 13.0. The molecule has 0 aromatic heterocycles. The molecule has 0 saturated carbocycles. The van der Waals surface area contributed by atoms with Gasteiger partial charge in [-0.2, -0.15) is 0 Å². The van der Waals surface area contributed by atoms with E-state index in [1.54, 1.807) is 23.6 Å². The molecule has 0 unspecified atom stereocenters. The molecule has 2 aliphatic heterocycles. The maximum Gasteiger partial charge on any atom is 0.415 e. The summed E-state index contributed by atoms with van der Waals surface area (Å²) in [4.78, 5) is 53.8. The van der Waals surface area contributed by atoms with E-state index in [-0.39, 0.29) is 17.2 Å². The van der Waals surface area contributed by atoms with Crippen LogP contribution in [0.5, 0.6) is 0 Å². The third-order valence-corrected chi connectivity index (χ3v) is 4.21. The van der Waals surface area contributed by atoms with Crippen LogP contribution in [0.4, 0.5) is 9.59 Å². The van der Waals surface area contributed by atoms with Crippen LogP contribution in [0.15, 0.2) is 22.9 Å². The first-order valence-electron chi connectivity index (χ1n) is 8.40. The van der Waals surface area contributed by atoms with Gasteiger partial charge in [0.2, 0.25) is 11.5 Å². The third kappa shape index (κ3) is 3.22. The van der Waals surface area contributed by atoms with E-state index in [1.807, 2.05) is 0 Å². The van der Waals surface area contributed by atoms with Gasteiger partial charge in [-0.05, 0) is 13.8 Å². The first kappa shape index (κ1) is 17.8. The minimum Gasteiger partial charge on any atom is -0.404 e. The number of primary amides is 1. The molecule has 2 N–H and O–H groups in total. The SMILES string of the molecule is CCN(CC)C(=O)OC1=C(N2CC2)C(=O)C(OC(N)=O)=C(N2CC2)C1=O. The van der Waals surface area contributed by atoms with Gasteiger partial charge in [0, 0.05) is 39.3 Å². The van der Waals surface area contributed by atoms with Crippen molar-refractivity contribution in [2.24, 2.45) is 5.73 Å². The van der Waals surface area contributed by atoms with Crippen molar-refractivity contribution in [2.75, 3.05) is 39.3 Å². The highest BCUT2D eigenvalue weighted by atomic mass is 16.6. The van der Waals surface area contributed by atoms with Crippen LogP contribution >= 0.6 is 0 Å². The van der Waals surface area contributed by atoms with Gasteiger partial charge in [0.05, 0.1) is 0 Å². The van der Waals surface area contributed by atoms with Crippen molar-refractivity contribution >= 4 is 23.8 Å². The standard InChI is InChI=1S/C16H20N4O6/c1-3-18(4-2)16(24)26-14-10(20-7-8-20)11(21)13(25-15(17)23)9(12(14)22)19-5-6-19/h3-8H2,1-2H3,(H2,17,23). The van der Waals surface area contributed by atoms with Crippen molar-refractivity contribution in [1.29, 1.82) is 0 Å². The number of nitrogens with two attached hydrogens (primary N) is 1. The van der Waals surface area contributed by atoms with Crippen LogP contribution in [-0.4, -0.2) is 77.7 Å². The Balaban J connectivity index is 2.00. The molecule has 1 aliphatic carbocycles. The molecule has 26 heavy (non-hydrogen) atoms. The van der Waals surface area contributed by atoms with E-state index in [0.717, 1.165) is 0 Å². The fourth-order valence-electron chi connectivity index (χ4n) is 2.68. The lowest BCUT2D eigenvalue weighted by Crippen LogP contribution is -2.37. The van der Waals surface area contributed by atoms with Gasteiger partial charge in [0.1, 0.15) is 11.4 Å². The van der Waals surface area contributed by atoms with E-state index >= 15 is 0 Å². The zero-order chi connectivity index (χ0) is 19.0. The van der Waals surface area contributed by atoms with Crippen LogP contribution in [0.25, 0.3) is 0 Å². The van der Waals surface area contributed by atoms with Gasteiger partial charge in [-0.1, -0.05) is 0 Å². The zero-order valence-corrected chi connectivity index (χ0v) is 14.6.